The molecule has 0 fully saturated rings. The monoisotopic (exact) mass is 382 g/mol. The highest BCUT2D eigenvalue weighted by atomic mass is 32.2. The van der Waals surface area contributed by atoms with Gasteiger partial charge in [-0.3, -0.25) is 9.78 Å². The Morgan fingerprint density at radius 3 is 2.67 bits per heavy atom. The van der Waals surface area contributed by atoms with Crippen molar-refractivity contribution in [1.82, 2.24) is 20.5 Å². The number of hydrogen-bond donors (Lipinski definition) is 1. The van der Waals surface area contributed by atoms with Gasteiger partial charge in [-0.25, -0.2) is 0 Å². The van der Waals surface area contributed by atoms with Gasteiger partial charge in [0.25, 0.3) is 5.22 Å². The van der Waals surface area contributed by atoms with Crippen LogP contribution < -0.4 is 5.32 Å². The predicted octanol–water partition coefficient (Wildman–Crippen LogP) is 4.13. The molecule has 2 heterocycles. The Morgan fingerprint density at radius 1 is 1.15 bits per heavy atom. The fourth-order valence-electron chi connectivity index (χ4n) is 2.67. The van der Waals surface area contributed by atoms with Crippen molar-refractivity contribution < 1.29 is 9.21 Å². The molecule has 0 saturated carbocycles. The fourth-order valence-corrected chi connectivity index (χ4v) is 3.25. The fraction of sp³-hybridized carbons (Fsp3) is 0.300. The standard InChI is InChI=1S/C20H22N4O2S/c1-14(2)11-17(15-7-4-3-5-8-15)22-18(25)13-27-20-24-23-19(26-20)16-9-6-10-21-12-16/h3-10,12,14,17H,11,13H2,1-2H3,(H,22,25)/t17-/m0/s1. The summed E-state index contributed by atoms with van der Waals surface area (Å²) in [6.07, 6.45) is 4.22. The summed E-state index contributed by atoms with van der Waals surface area (Å²) in [5.74, 6) is 1.03. The minimum Gasteiger partial charge on any atom is -0.411 e. The zero-order valence-electron chi connectivity index (χ0n) is 15.3. The molecule has 0 aliphatic heterocycles. The molecule has 6 nitrogen and oxygen atoms in total. The Kier molecular flexibility index (Phi) is 6.59. The van der Waals surface area contributed by atoms with Crippen LogP contribution in [0.1, 0.15) is 31.9 Å². The molecule has 0 saturated heterocycles. The van der Waals surface area contributed by atoms with Crippen LogP contribution in [0.15, 0.2) is 64.5 Å². The van der Waals surface area contributed by atoms with Gasteiger partial charge in [-0.05, 0) is 30.0 Å². The number of aromatic nitrogens is 3. The van der Waals surface area contributed by atoms with Crippen LogP contribution in [0.25, 0.3) is 11.5 Å². The van der Waals surface area contributed by atoms with Crippen LogP contribution in [-0.2, 0) is 4.79 Å². The van der Waals surface area contributed by atoms with E-state index in [2.05, 4.69) is 34.3 Å². The molecule has 0 radical (unpaired) electrons. The van der Waals surface area contributed by atoms with Crippen LogP contribution in [0.3, 0.4) is 0 Å². The van der Waals surface area contributed by atoms with Crippen LogP contribution in [0.5, 0.6) is 0 Å². The minimum atomic E-state index is -0.0596. The SMILES string of the molecule is CC(C)C[C@H](NC(=O)CSc1nnc(-c2cccnc2)o1)c1ccccc1. The summed E-state index contributed by atoms with van der Waals surface area (Å²) in [5, 5.41) is 11.5. The van der Waals surface area contributed by atoms with E-state index in [4.69, 9.17) is 4.42 Å². The zero-order chi connectivity index (χ0) is 19.1. The van der Waals surface area contributed by atoms with Crippen LogP contribution in [-0.4, -0.2) is 26.8 Å². The first-order valence-electron chi connectivity index (χ1n) is 8.83. The Hall–Kier alpha value is -2.67. The molecule has 1 N–H and O–H groups in total. The molecule has 0 aliphatic rings. The summed E-state index contributed by atoms with van der Waals surface area (Å²) in [6, 6.07) is 13.7. The van der Waals surface area contributed by atoms with E-state index >= 15 is 0 Å². The number of pyridine rings is 1. The molecule has 0 bridgehead atoms. The highest BCUT2D eigenvalue weighted by molar-refractivity contribution is 7.99. The Morgan fingerprint density at radius 2 is 1.96 bits per heavy atom. The first kappa shape index (κ1) is 19.1. The summed E-state index contributed by atoms with van der Waals surface area (Å²) < 4.78 is 5.60. The quantitative estimate of drug-likeness (QED) is 0.590. The number of rotatable bonds is 8. The Balaban J connectivity index is 1.57. The number of hydrogen-bond acceptors (Lipinski definition) is 6. The van der Waals surface area contributed by atoms with Crippen LogP contribution in [0.2, 0.25) is 0 Å². The van der Waals surface area contributed by atoms with Crippen molar-refractivity contribution in [2.75, 3.05) is 5.75 Å². The second kappa shape index (κ2) is 9.32. The number of nitrogens with zero attached hydrogens (tertiary/aromatic N) is 3. The van der Waals surface area contributed by atoms with Crippen LogP contribution in [0.4, 0.5) is 0 Å². The van der Waals surface area contributed by atoms with E-state index in [-0.39, 0.29) is 17.7 Å². The second-order valence-corrected chi connectivity index (χ2v) is 7.49. The van der Waals surface area contributed by atoms with Crippen molar-refractivity contribution in [3.8, 4) is 11.5 Å². The average molecular weight is 382 g/mol. The van der Waals surface area contributed by atoms with Gasteiger partial charge in [0.1, 0.15) is 0 Å². The third-order valence-corrected chi connectivity index (χ3v) is 4.70. The molecule has 1 atom stereocenters. The summed E-state index contributed by atoms with van der Waals surface area (Å²) in [4.78, 5) is 16.5. The number of benzene rings is 1. The molecule has 3 rings (SSSR count). The highest BCUT2D eigenvalue weighted by Gasteiger charge is 2.17. The highest BCUT2D eigenvalue weighted by Crippen LogP contribution is 2.24. The summed E-state index contributed by atoms with van der Waals surface area (Å²) >= 11 is 1.23. The van der Waals surface area contributed by atoms with Gasteiger partial charge in [0.2, 0.25) is 11.8 Å². The second-order valence-electron chi connectivity index (χ2n) is 6.56. The van der Waals surface area contributed by atoms with E-state index in [0.717, 1.165) is 17.5 Å². The number of amides is 1. The van der Waals surface area contributed by atoms with Crippen molar-refractivity contribution >= 4 is 17.7 Å². The first-order valence-corrected chi connectivity index (χ1v) is 9.81. The van der Waals surface area contributed by atoms with E-state index in [1.54, 1.807) is 18.5 Å². The number of carbonyl (C=O) groups excluding carboxylic acids is 1. The lowest BCUT2D eigenvalue weighted by atomic mass is 9.97. The van der Waals surface area contributed by atoms with Gasteiger partial charge in [0.15, 0.2) is 0 Å². The lowest BCUT2D eigenvalue weighted by Crippen LogP contribution is -2.30. The molecule has 1 aromatic carbocycles. The van der Waals surface area contributed by atoms with Gasteiger partial charge in [-0.2, -0.15) is 0 Å². The number of thioether (sulfide) groups is 1. The first-order chi connectivity index (χ1) is 13.1. The molecule has 7 heteroatoms. The van der Waals surface area contributed by atoms with Crippen molar-refractivity contribution in [3.63, 3.8) is 0 Å². The predicted molar refractivity (Wildman–Crippen MR) is 105 cm³/mol. The molecule has 0 aliphatic carbocycles. The lowest BCUT2D eigenvalue weighted by molar-refractivity contribution is -0.119. The molecule has 1 amide bonds. The van der Waals surface area contributed by atoms with Gasteiger partial charge in [-0.1, -0.05) is 55.9 Å². The number of nitrogens with one attached hydrogen (secondary N) is 1. The van der Waals surface area contributed by atoms with Crippen molar-refractivity contribution in [3.05, 3.63) is 60.4 Å². The largest absolute Gasteiger partial charge is 0.411 e. The van der Waals surface area contributed by atoms with Crippen molar-refractivity contribution in [2.24, 2.45) is 5.92 Å². The zero-order valence-corrected chi connectivity index (χ0v) is 16.1. The van der Waals surface area contributed by atoms with Crippen molar-refractivity contribution in [1.29, 1.82) is 0 Å². The van der Waals surface area contributed by atoms with E-state index < -0.39 is 0 Å². The van der Waals surface area contributed by atoms with Crippen LogP contribution >= 0.6 is 11.8 Å². The maximum Gasteiger partial charge on any atom is 0.277 e. The molecule has 2 aromatic heterocycles. The van der Waals surface area contributed by atoms with Gasteiger partial charge in [0.05, 0.1) is 17.4 Å². The summed E-state index contributed by atoms with van der Waals surface area (Å²) in [7, 11) is 0. The van der Waals surface area contributed by atoms with Gasteiger partial charge in [0, 0.05) is 12.4 Å². The summed E-state index contributed by atoms with van der Waals surface area (Å²) in [5.41, 5.74) is 1.86. The molecule has 140 valence electrons. The molecule has 0 unspecified atom stereocenters. The van der Waals surface area contributed by atoms with E-state index in [1.807, 2.05) is 36.4 Å². The lowest BCUT2D eigenvalue weighted by Gasteiger charge is -2.21. The average Bonchev–Trinajstić information content (AvgIpc) is 3.16. The Bertz CT molecular complexity index is 853. The molecular weight excluding hydrogens is 360 g/mol. The van der Waals surface area contributed by atoms with Crippen molar-refractivity contribution in [2.45, 2.75) is 31.5 Å². The van der Waals surface area contributed by atoms with Gasteiger partial charge in [-0.15, -0.1) is 10.2 Å². The molecular formula is C20H22N4O2S. The maximum atomic E-state index is 12.4. The maximum absolute atomic E-state index is 12.4. The summed E-state index contributed by atoms with van der Waals surface area (Å²) in [6.45, 7) is 4.30. The van der Waals surface area contributed by atoms with E-state index in [1.165, 1.54) is 11.8 Å². The van der Waals surface area contributed by atoms with Gasteiger partial charge >= 0.3 is 0 Å². The molecule has 0 spiro atoms. The Labute approximate surface area is 162 Å². The smallest absolute Gasteiger partial charge is 0.277 e. The molecule has 27 heavy (non-hydrogen) atoms. The van der Waals surface area contributed by atoms with Gasteiger partial charge < -0.3 is 9.73 Å². The topological polar surface area (TPSA) is 80.9 Å². The van der Waals surface area contributed by atoms with E-state index in [9.17, 15) is 4.79 Å². The third kappa shape index (κ3) is 5.65. The molecule has 3 aromatic rings. The van der Waals surface area contributed by atoms with Crippen LogP contribution in [0, 0.1) is 5.92 Å². The van der Waals surface area contributed by atoms with E-state index in [0.29, 0.717) is 17.0 Å². The third-order valence-electron chi connectivity index (χ3n) is 3.89. The normalized spacial score (nSPS) is 12.1. The minimum absolute atomic E-state index is 0.00654. The number of carbonyl (C=O) groups is 1.